The number of carbonyl (C=O) groups is 3. The summed E-state index contributed by atoms with van der Waals surface area (Å²) in [6.45, 7) is 9.29. The third-order valence-corrected chi connectivity index (χ3v) is 9.30. The first-order valence-electron chi connectivity index (χ1n) is 16.9. The van der Waals surface area contributed by atoms with E-state index < -0.39 is 12.1 Å². The van der Waals surface area contributed by atoms with Crippen LogP contribution in [0.3, 0.4) is 0 Å². The second kappa shape index (κ2) is 14.9. The third-order valence-electron chi connectivity index (χ3n) is 9.30. The fourth-order valence-electron chi connectivity index (χ4n) is 6.50. The number of imidazole rings is 1. The van der Waals surface area contributed by atoms with Crippen molar-refractivity contribution in [1.82, 2.24) is 30.5 Å². The average molecular weight is 665 g/mol. The van der Waals surface area contributed by atoms with Gasteiger partial charge in [0.15, 0.2) is 0 Å². The summed E-state index contributed by atoms with van der Waals surface area (Å²) in [5.41, 5.74) is 5.00. The highest BCUT2D eigenvalue weighted by atomic mass is 16.5. The van der Waals surface area contributed by atoms with E-state index in [2.05, 4.69) is 37.7 Å². The van der Waals surface area contributed by atoms with Gasteiger partial charge in [-0.1, -0.05) is 50.2 Å². The van der Waals surface area contributed by atoms with Crippen LogP contribution in [0.5, 0.6) is 0 Å². The average Bonchev–Trinajstić information content (AvgIpc) is 3.82. The van der Waals surface area contributed by atoms with Gasteiger partial charge in [-0.3, -0.25) is 9.59 Å². The highest BCUT2D eigenvalue weighted by Crippen LogP contribution is 2.33. The van der Waals surface area contributed by atoms with Crippen molar-refractivity contribution in [2.45, 2.75) is 51.7 Å². The Kier molecular flexibility index (Phi) is 10.2. The molecule has 2 aliphatic rings. The minimum atomic E-state index is -0.679. The number of likely N-dealkylation sites (tertiary alicyclic amines) is 1. The summed E-state index contributed by atoms with van der Waals surface area (Å²) in [6, 6.07) is 19.1. The first kappa shape index (κ1) is 33.7. The van der Waals surface area contributed by atoms with E-state index in [9.17, 15) is 14.4 Å². The number of rotatable bonds is 9. The van der Waals surface area contributed by atoms with Gasteiger partial charge >= 0.3 is 6.09 Å². The molecule has 4 aromatic rings. The number of benzene rings is 2. The van der Waals surface area contributed by atoms with Crippen LogP contribution in [-0.2, 0) is 9.53 Å². The molecule has 2 saturated heterocycles. The summed E-state index contributed by atoms with van der Waals surface area (Å²) in [6.07, 6.45) is 4.52. The van der Waals surface area contributed by atoms with E-state index in [1.807, 2.05) is 80.7 Å². The molecule has 6 rings (SSSR count). The molecule has 3 amide bonds. The van der Waals surface area contributed by atoms with Gasteiger partial charge in [0.25, 0.3) is 5.91 Å². The molecular formula is C37H44N8O4. The molecule has 12 heteroatoms. The van der Waals surface area contributed by atoms with Crippen molar-refractivity contribution in [3.63, 3.8) is 0 Å². The minimum Gasteiger partial charge on any atom is -0.453 e. The van der Waals surface area contributed by atoms with Crippen LogP contribution in [0.1, 0.15) is 55.8 Å². The van der Waals surface area contributed by atoms with Crippen molar-refractivity contribution in [3.05, 3.63) is 84.4 Å². The van der Waals surface area contributed by atoms with E-state index >= 15 is 0 Å². The number of amides is 3. The first-order valence-corrected chi connectivity index (χ1v) is 16.9. The Labute approximate surface area is 286 Å². The van der Waals surface area contributed by atoms with Crippen molar-refractivity contribution in [2.24, 2.45) is 5.92 Å². The molecule has 49 heavy (non-hydrogen) atoms. The molecule has 2 fully saturated rings. The Morgan fingerprint density at radius 1 is 0.959 bits per heavy atom. The number of piperazine rings is 1. The molecule has 4 heterocycles. The standard InChI is InChI=1S/C37H44N8O4/c1-23(2)33(43-37(48)49-4)36(47)45-18-5-6-31(45)34-40-22-30(42-34)27-9-7-25(8-10-27)26-11-14-29(15-12-26)41-35(46)28-13-16-32(39-21-28)44-19-17-38-20-24(44)3/h7-16,21-24,31,33,38H,5-6,17-20H2,1-4H3,(H,40,42)(H,41,46)(H,43,48)/t24-,31-,33-/m0/s1. The van der Waals surface area contributed by atoms with Crippen LogP contribution < -0.4 is 20.9 Å². The number of carbonyl (C=O) groups excluding carboxylic acids is 3. The molecule has 0 bridgehead atoms. The molecule has 0 radical (unpaired) electrons. The SMILES string of the molecule is COC(=O)N[C@H](C(=O)N1CCC[C@H]1c1nc(-c2ccc(-c3ccc(NC(=O)c4ccc(N5CCNC[C@@H]5C)nc4)cc3)cc2)c[nH]1)C(C)C. The van der Waals surface area contributed by atoms with Gasteiger partial charge in [-0.25, -0.2) is 14.8 Å². The van der Waals surface area contributed by atoms with Gasteiger partial charge < -0.3 is 35.5 Å². The minimum absolute atomic E-state index is 0.0965. The molecule has 2 aliphatic heterocycles. The number of anilines is 2. The molecule has 0 spiro atoms. The molecule has 12 nitrogen and oxygen atoms in total. The second-order valence-corrected chi connectivity index (χ2v) is 13.0. The maximum Gasteiger partial charge on any atom is 0.407 e. The number of nitrogens with one attached hydrogen (secondary N) is 4. The number of nitrogens with zero attached hydrogens (tertiary/aromatic N) is 4. The number of aromatic amines is 1. The monoisotopic (exact) mass is 664 g/mol. The summed E-state index contributed by atoms with van der Waals surface area (Å²) >= 11 is 0. The molecule has 0 unspecified atom stereocenters. The highest BCUT2D eigenvalue weighted by Gasteiger charge is 2.37. The number of aromatic nitrogens is 3. The number of hydrogen-bond acceptors (Lipinski definition) is 8. The van der Waals surface area contributed by atoms with Gasteiger partial charge in [-0.15, -0.1) is 0 Å². The normalized spacial score (nSPS) is 18.3. The molecule has 4 N–H and O–H groups in total. The van der Waals surface area contributed by atoms with Crippen molar-refractivity contribution in [1.29, 1.82) is 0 Å². The number of ether oxygens (including phenoxy) is 1. The number of methoxy groups -OCH3 is 1. The first-order chi connectivity index (χ1) is 23.7. The predicted molar refractivity (Wildman–Crippen MR) is 189 cm³/mol. The van der Waals surface area contributed by atoms with E-state index in [1.54, 1.807) is 11.1 Å². The quantitative estimate of drug-likeness (QED) is 0.190. The van der Waals surface area contributed by atoms with E-state index in [0.29, 0.717) is 23.8 Å². The number of alkyl carbamates (subject to hydrolysis) is 1. The molecule has 0 saturated carbocycles. The van der Waals surface area contributed by atoms with Gasteiger partial charge in [-0.05, 0) is 61.1 Å². The van der Waals surface area contributed by atoms with Crippen molar-refractivity contribution < 1.29 is 19.1 Å². The second-order valence-electron chi connectivity index (χ2n) is 13.0. The van der Waals surface area contributed by atoms with Crippen LogP contribution in [0.2, 0.25) is 0 Å². The van der Waals surface area contributed by atoms with Gasteiger partial charge in [0.05, 0.1) is 24.4 Å². The molecule has 0 aliphatic carbocycles. The zero-order valence-corrected chi connectivity index (χ0v) is 28.4. The lowest BCUT2D eigenvalue weighted by Crippen LogP contribution is -2.51. The molecule has 3 atom stereocenters. The van der Waals surface area contributed by atoms with Crippen LogP contribution in [0.4, 0.5) is 16.3 Å². The van der Waals surface area contributed by atoms with Crippen LogP contribution in [0.15, 0.2) is 73.1 Å². The number of hydrogen-bond donors (Lipinski definition) is 4. The Bertz CT molecular complexity index is 1750. The van der Waals surface area contributed by atoms with E-state index in [4.69, 9.17) is 9.72 Å². The fraction of sp³-hybridized carbons (Fsp3) is 0.378. The van der Waals surface area contributed by atoms with E-state index in [-0.39, 0.29) is 23.8 Å². The molecule has 256 valence electrons. The lowest BCUT2D eigenvalue weighted by molar-refractivity contribution is -0.135. The van der Waals surface area contributed by atoms with E-state index in [1.165, 1.54) is 7.11 Å². The van der Waals surface area contributed by atoms with Gasteiger partial charge in [-0.2, -0.15) is 0 Å². The summed E-state index contributed by atoms with van der Waals surface area (Å²) in [4.78, 5) is 55.0. The summed E-state index contributed by atoms with van der Waals surface area (Å²) in [7, 11) is 1.29. The lowest BCUT2D eigenvalue weighted by Gasteiger charge is -2.34. The molecule has 2 aromatic carbocycles. The predicted octanol–water partition coefficient (Wildman–Crippen LogP) is 5.23. The lowest BCUT2D eigenvalue weighted by atomic mass is 10.0. The van der Waals surface area contributed by atoms with Gasteiger partial charge in [0, 0.05) is 55.9 Å². The highest BCUT2D eigenvalue weighted by molar-refractivity contribution is 6.04. The Morgan fingerprint density at radius 3 is 2.33 bits per heavy atom. The Balaban J connectivity index is 1.07. The molecular weight excluding hydrogens is 620 g/mol. The van der Waals surface area contributed by atoms with Crippen molar-refractivity contribution in [3.8, 4) is 22.4 Å². The number of pyridine rings is 1. The largest absolute Gasteiger partial charge is 0.453 e. The Morgan fingerprint density at radius 2 is 1.67 bits per heavy atom. The summed E-state index contributed by atoms with van der Waals surface area (Å²) in [5, 5.41) is 9.04. The summed E-state index contributed by atoms with van der Waals surface area (Å²) in [5.74, 6) is 1.17. The summed E-state index contributed by atoms with van der Waals surface area (Å²) < 4.78 is 4.74. The van der Waals surface area contributed by atoms with Crippen LogP contribution in [0.25, 0.3) is 22.4 Å². The third kappa shape index (κ3) is 7.59. The smallest absolute Gasteiger partial charge is 0.407 e. The fourth-order valence-corrected chi connectivity index (χ4v) is 6.50. The van der Waals surface area contributed by atoms with Crippen LogP contribution in [0, 0.1) is 5.92 Å². The topological polar surface area (TPSA) is 145 Å². The zero-order valence-electron chi connectivity index (χ0n) is 28.4. The van der Waals surface area contributed by atoms with Gasteiger partial charge in [0.2, 0.25) is 5.91 Å². The number of H-pyrrole nitrogens is 1. The maximum atomic E-state index is 13.5. The van der Waals surface area contributed by atoms with Crippen LogP contribution >= 0.6 is 0 Å². The van der Waals surface area contributed by atoms with Crippen LogP contribution in [-0.4, -0.2) is 83.1 Å². The maximum absolute atomic E-state index is 13.5. The molecule has 2 aromatic heterocycles. The Hall–Kier alpha value is -5.23. The van der Waals surface area contributed by atoms with Crippen molar-refractivity contribution in [2.75, 3.05) is 43.5 Å². The van der Waals surface area contributed by atoms with Gasteiger partial charge in [0.1, 0.15) is 17.7 Å². The zero-order chi connectivity index (χ0) is 34.5. The van der Waals surface area contributed by atoms with Crippen molar-refractivity contribution >= 4 is 29.4 Å². The van der Waals surface area contributed by atoms with E-state index in [0.717, 1.165) is 66.5 Å².